The van der Waals surface area contributed by atoms with E-state index in [0.29, 0.717) is 15.7 Å². The van der Waals surface area contributed by atoms with Gasteiger partial charge >= 0.3 is 0 Å². The first-order valence-electron chi connectivity index (χ1n) is 7.93. The Bertz CT molecular complexity index is 1150. The molecule has 0 aliphatic rings. The number of H-pyrrole nitrogens is 1. The molecule has 9 heteroatoms. The number of fused-ring (bicyclic) bond motifs is 1. The topological polar surface area (TPSA) is 82.7 Å². The van der Waals surface area contributed by atoms with E-state index in [2.05, 4.69) is 25.8 Å². The van der Waals surface area contributed by atoms with Crippen molar-refractivity contribution in [3.63, 3.8) is 0 Å². The fraction of sp³-hybridized carbons (Fsp3) is 0.0556. The van der Waals surface area contributed by atoms with Gasteiger partial charge in [0.2, 0.25) is 0 Å². The number of carbonyl (C=O) groups excluding carboxylic acids is 1. The largest absolute Gasteiger partial charge is 0.329 e. The quantitative estimate of drug-likeness (QED) is 0.479. The van der Waals surface area contributed by atoms with Gasteiger partial charge in [0.15, 0.2) is 5.13 Å². The summed E-state index contributed by atoms with van der Waals surface area (Å²) in [6, 6.07) is 6.96. The number of nitrogens with zero attached hydrogens (tertiary/aromatic N) is 2. The fourth-order valence-electron chi connectivity index (χ4n) is 2.61. The lowest BCUT2D eigenvalue weighted by Gasteiger charge is -2.08. The summed E-state index contributed by atoms with van der Waals surface area (Å²) in [7, 11) is 0. The van der Waals surface area contributed by atoms with Gasteiger partial charge in [-0.2, -0.15) is 5.10 Å². The first-order valence-corrected chi connectivity index (χ1v) is 8.75. The maximum Gasteiger partial charge on any atom is 0.267 e. The molecule has 0 bridgehead atoms. The van der Waals surface area contributed by atoms with E-state index >= 15 is 0 Å². The van der Waals surface area contributed by atoms with Crippen molar-refractivity contribution < 1.29 is 13.6 Å². The molecule has 4 rings (SSSR count). The number of halogens is 2. The molecule has 0 fully saturated rings. The minimum Gasteiger partial charge on any atom is -0.329 e. The van der Waals surface area contributed by atoms with Gasteiger partial charge in [-0.25, -0.2) is 13.8 Å². The third-order valence-corrected chi connectivity index (χ3v) is 4.88. The van der Waals surface area contributed by atoms with Crippen LogP contribution in [0.2, 0.25) is 0 Å². The summed E-state index contributed by atoms with van der Waals surface area (Å²) in [5, 5.41) is 13.6. The molecule has 2 aromatic carbocycles. The van der Waals surface area contributed by atoms with E-state index in [-0.39, 0.29) is 11.6 Å². The van der Waals surface area contributed by atoms with Crippen molar-refractivity contribution in [2.75, 3.05) is 10.6 Å². The van der Waals surface area contributed by atoms with Crippen LogP contribution in [0.25, 0.3) is 10.9 Å². The number of thiazole rings is 1. The van der Waals surface area contributed by atoms with Gasteiger partial charge in [-0.3, -0.25) is 9.89 Å². The average Bonchev–Trinajstić information content (AvgIpc) is 3.29. The summed E-state index contributed by atoms with van der Waals surface area (Å²) in [6.07, 6.45) is 3.05. The Labute approximate surface area is 156 Å². The Balaban J connectivity index is 1.55. The molecule has 3 N–H and O–H groups in total. The summed E-state index contributed by atoms with van der Waals surface area (Å²) in [5.41, 5.74) is 2.46. The second-order valence-corrected chi connectivity index (χ2v) is 6.85. The molecular weight excluding hydrogens is 372 g/mol. The van der Waals surface area contributed by atoms with E-state index < -0.39 is 11.6 Å². The number of rotatable bonds is 4. The minimum absolute atomic E-state index is 0.0803. The Morgan fingerprint density at radius 1 is 1.19 bits per heavy atom. The maximum atomic E-state index is 13.7. The highest BCUT2D eigenvalue weighted by atomic mass is 32.1. The molecule has 2 aromatic heterocycles. The average molecular weight is 385 g/mol. The molecule has 4 aromatic rings. The standard InChI is InChI=1S/C18H13F2N5OS/c1-9-2-4-13-11(7-22-25-13)16(9)24-17(26)15-8-21-18(27-15)23-14-5-3-10(19)6-12(14)20/h2-8H,1H3,(H,21,23)(H,22,25)(H,24,26). The van der Waals surface area contributed by atoms with E-state index in [1.165, 1.54) is 12.3 Å². The van der Waals surface area contributed by atoms with E-state index in [1.807, 2.05) is 19.1 Å². The van der Waals surface area contributed by atoms with Gasteiger partial charge in [-0.15, -0.1) is 0 Å². The molecule has 27 heavy (non-hydrogen) atoms. The van der Waals surface area contributed by atoms with Crippen LogP contribution in [0, 0.1) is 18.6 Å². The van der Waals surface area contributed by atoms with Gasteiger partial charge in [0.25, 0.3) is 5.91 Å². The predicted octanol–water partition coefficient (Wildman–Crippen LogP) is 4.60. The van der Waals surface area contributed by atoms with Crippen molar-refractivity contribution in [2.45, 2.75) is 6.92 Å². The molecule has 0 aliphatic heterocycles. The summed E-state index contributed by atoms with van der Waals surface area (Å²) in [6.45, 7) is 1.89. The highest BCUT2D eigenvalue weighted by Crippen LogP contribution is 2.28. The highest BCUT2D eigenvalue weighted by Gasteiger charge is 2.15. The number of carbonyl (C=O) groups is 1. The maximum absolute atomic E-state index is 13.7. The van der Waals surface area contributed by atoms with Crippen molar-refractivity contribution in [3.8, 4) is 0 Å². The van der Waals surface area contributed by atoms with Crippen molar-refractivity contribution in [3.05, 3.63) is 64.8 Å². The van der Waals surface area contributed by atoms with Gasteiger partial charge < -0.3 is 10.6 Å². The summed E-state index contributed by atoms with van der Waals surface area (Å²) in [4.78, 5) is 17.0. The molecule has 0 spiro atoms. The number of anilines is 3. The van der Waals surface area contributed by atoms with Crippen LogP contribution in [0.5, 0.6) is 0 Å². The molecule has 0 saturated carbocycles. The molecular formula is C18H13F2N5OS. The lowest BCUT2D eigenvalue weighted by atomic mass is 10.1. The lowest BCUT2D eigenvalue weighted by molar-refractivity contribution is 0.103. The molecule has 1 amide bonds. The fourth-order valence-corrected chi connectivity index (χ4v) is 3.33. The summed E-state index contributed by atoms with van der Waals surface area (Å²) >= 11 is 1.06. The van der Waals surface area contributed by atoms with Crippen LogP contribution in [-0.4, -0.2) is 21.1 Å². The van der Waals surface area contributed by atoms with Crippen molar-refractivity contribution >= 4 is 44.7 Å². The molecule has 0 saturated heterocycles. The van der Waals surface area contributed by atoms with Gasteiger partial charge in [-0.05, 0) is 30.7 Å². The summed E-state index contributed by atoms with van der Waals surface area (Å²) in [5.74, 6) is -1.74. The molecule has 0 unspecified atom stereocenters. The first kappa shape index (κ1) is 17.1. The zero-order valence-electron chi connectivity index (χ0n) is 14.0. The molecule has 136 valence electrons. The molecule has 0 radical (unpaired) electrons. The van der Waals surface area contributed by atoms with E-state index in [4.69, 9.17) is 0 Å². The monoisotopic (exact) mass is 385 g/mol. The van der Waals surface area contributed by atoms with Crippen LogP contribution >= 0.6 is 11.3 Å². The molecule has 0 aliphatic carbocycles. The Morgan fingerprint density at radius 2 is 2.04 bits per heavy atom. The lowest BCUT2D eigenvalue weighted by Crippen LogP contribution is -2.11. The molecule has 2 heterocycles. The van der Waals surface area contributed by atoms with Gasteiger partial charge in [0, 0.05) is 11.5 Å². The summed E-state index contributed by atoms with van der Waals surface area (Å²) < 4.78 is 26.7. The number of aromatic amines is 1. The zero-order valence-corrected chi connectivity index (χ0v) is 14.8. The van der Waals surface area contributed by atoms with Crippen molar-refractivity contribution in [1.82, 2.24) is 15.2 Å². The first-order chi connectivity index (χ1) is 13.0. The zero-order chi connectivity index (χ0) is 19.0. The molecule has 6 nitrogen and oxygen atoms in total. The Hall–Kier alpha value is -3.33. The van der Waals surface area contributed by atoms with Crippen molar-refractivity contribution in [1.29, 1.82) is 0 Å². The third kappa shape index (κ3) is 3.36. The predicted molar refractivity (Wildman–Crippen MR) is 101 cm³/mol. The van der Waals surface area contributed by atoms with Gasteiger partial charge in [0.1, 0.15) is 16.5 Å². The number of hydrogen-bond donors (Lipinski definition) is 3. The van der Waals surface area contributed by atoms with Crippen molar-refractivity contribution in [2.24, 2.45) is 0 Å². The highest BCUT2D eigenvalue weighted by molar-refractivity contribution is 7.17. The van der Waals surface area contributed by atoms with Crippen LogP contribution in [0.1, 0.15) is 15.2 Å². The van der Waals surface area contributed by atoms with E-state index in [1.54, 1.807) is 6.20 Å². The number of hydrogen-bond acceptors (Lipinski definition) is 5. The van der Waals surface area contributed by atoms with Crippen LogP contribution in [0.3, 0.4) is 0 Å². The number of aromatic nitrogens is 3. The van der Waals surface area contributed by atoms with Gasteiger partial charge in [-0.1, -0.05) is 17.4 Å². The van der Waals surface area contributed by atoms with E-state index in [0.717, 1.165) is 39.9 Å². The van der Waals surface area contributed by atoms with Crippen LogP contribution in [0.4, 0.5) is 25.3 Å². The minimum atomic E-state index is -0.738. The van der Waals surface area contributed by atoms with Crippen LogP contribution in [0.15, 0.2) is 42.7 Å². The molecule has 0 atom stereocenters. The smallest absolute Gasteiger partial charge is 0.267 e. The number of amides is 1. The number of benzene rings is 2. The van der Waals surface area contributed by atoms with Gasteiger partial charge in [0.05, 0.1) is 29.3 Å². The Morgan fingerprint density at radius 3 is 2.85 bits per heavy atom. The number of aryl methyl sites for hydroxylation is 1. The third-order valence-electron chi connectivity index (χ3n) is 3.97. The SMILES string of the molecule is Cc1ccc2[nH]ncc2c1NC(=O)c1cnc(Nc2ccc(F)cc2F)s1. The van der Waals surface area contributed by atoms with Crippen LogP contribution < -0.4 is 10.6 Å². The second kappa shape index (κ2) is 6.76. The number of nitrogens with one attached hydrogen (secondary N) is 3. The van der Waals surface area contributed by atoms with E-state index in [9.17, 15) is 13.6 Å². The second-order valence-electron chi connectivity index (χ2n) is 5.82. The normalized spacial score (nSPS) is 10.9. The van der Waals surface area contributed by atoms with Crippen LogP contribution in [-0.2, 0) is 0 Å². The Kier molecular flexibility index (Phi) is 4.28.